The summed E-state index contributed by atoms with van der Waals surface area (Å²) in [5, 5.41) is 3.50. The van der Waals surface area contributed by atoms with Crippen molar-refractivity contribution < 1.29 is 12.9 Å². The van der Waals surface area contributed by atoms with Crippen LogP contribution in [-0.4, -0.2) is 25.1 Å². The van der Waals surface area contributed by atoms with E-state index in [2.05, 4.69) is 30.8 Å². The van der Waals surface area contributed by atoms with Gasteiger partial charge in [0.15, 0.2) is 6.33 Å². The summed E-state index contributed by atoms with van der Waals surface area (Å²) in [6, 6.07) is 2.92. The number of benzene rings is 1. The quantitative estimate of drug-likeness (QED) is 0.833. The highest BCUT2D eigenvalue weighted by molar-refractivity contribution is 9.10. The Labute approximate surface area is 133 Å². The molecule has 0 radical (unpaired) electrons. The van der Waals surface area contributed by atoms with Crippen molar-refractivity contribution in [3.05, 3.63) is 38.9 Å². The molecule has 0 aliphatic rings. The van der Waals surface area contributed by atoms with Gasteiger partial charge in [-0.1, -0.05) is 44.3 Å². The second kappa shape index (κ2) is 6.40. The van der Waals surface area contributed by atoms with Crippen molar-refractivity contribution in [1.82, 2.24) is 14.9 Å². The van der Waals surface area contributed by atoms with Crippen molar-refractivity contribution in [2.24, 2.45) is 0 Å². The van der Waals surface area contributed by atoms with Crippen molar-refractivity contribution in [1.29, 1.82) is 0 Å². The lowest BCUT2D eigenvalue weighted by Gasteiger charge is -2.09. The van der Waals surface area contributed by atoms with E-state index in [1.54, 1.807) is 0 Å². The molecule has 0 aliphatic heterocycles. The Kier molecular flexibility index (Phi) is 5.03. The predicted octanol–water partition coefficient (Wildman–Crippen LogP) is 2.66. The Morgan fingerprint density at radius 1 is 1.30 bits per heavy atom. The standard InChI is InChI=1S/C10H8BrCl2N3O3S/c11-6-3-7(12)10(8(13)4-6)20(17,18)16-2-1-9-14-5-15-19-9/h3-5,16H,1-2H2. The highest BCUT2D eigenvalue weighted by Gasteiger charge is 2.22. The van der Waals surface area contributed by atoms with Gasteiger partial charge in [-0.05, 0) is 12.1 Å². The number of aromatic nitrogens is 2. The van der Waals surface area contributed by atoms with Crippen molar-refractivity contribution >= 4 is 49.2 Å². The van der Waals surface area contributed by atoms with Crippen LogP contribution in [0.4, 0.5) is 0 Å². The molecule has 10 heteroatoms. The van der Waals surface area contributed by atoms with Gasteiger partial charge in [0, 0.05) is 17.4 Å². The largest absolute Gasteiger partial charge is 0.340 e. The van der Waals surface area contributed by atoms with Crippen molar-refractivity contribution in [2.75, 3.05) is 6.54 Å². The van der Waals surface area contributed by atoms with E-state index in [1.807, 2.05) is 0 Å². The molecule has 2 rings (SSSR count). The van der Waals surface area contributed by atoms with E-state index in [1.165, 1.54) is 18.5 Å². The van der Waals surface area contributed by atoms with Crippen LogP contribution in [0.5, 0.6) is 0 Å². The van der Waals surface area contributed by atoms with Crippen LogP contribution in [0.2, 0.25) is 10.0 Å². The van der Waals surface area contributed by atoms with E-state index >= 15 is 0 Å². The fourth-order valence-corrected chi connectivity index (χ4v) is 4.42. The van der Waals surface area contributed by atoms with Gasteiger partial charge in [0.2, 0.25) is 15.9 Å². The molecule has 0 saturated carbocycles. The second-order valence-electron chi connectivity index (χ2n) is 3.68. The normalized spacial score (nSPS) is 11.8. The fourth-order valence-electron chi connectivity index (χ4n) is 1.46. The Hall–Kier alpha value is -0.670. The first-order valence-corrected chi connectivity index (χ1v) is 8.33. The number of hydrogen-bond donors (Lipinski definition) is 1. The molecular formula is C10H8BrCl2N3O3S. The molecule has 1 heterocycles. The number of nitrogens with one attached hydrogen (secondary N) is 1. The van der Waals surface area contributed by atoms with Crippen LogP contribution in [0.3, 0.4) is 0 Å². The third kappa shape index (κ3) is 3.70. The van der Waals surface area contributed by atoms with Crippen molar-refractivity contribution in [3.63, 3.8) is 0 Å². The molecule has 0 fully saturated rings. The molecule has 0 saturated heterocycles. The van der Waals surface area contributed by atoms with Gasteiger partial charge in [-0.2, -0.15) is 4.98 Å². The summed E-state index contributed by atoms with van der Waals surface area (Å²) in [6.45, 7) is 0.0905. The number of hydrogen-bond acceptors (Lipinski definition) is 5. The SMILES string of the molecule is O=S(=O)(NCCc1ncno1)c1c(Cl)cc(Br)cc1Cl. The maximum Gasteiger partial charge on any atom is 0.243 e. The Morgan fingerprint density at radius 3 is 2.50 bits per heavy atom. The van der Waals surface area contributed by atoms with E-state index in [0.717, 1.165) is 0 Å². The summed E-state index contributed by atoms with van der Waals surface area (Å²) < 4.78 is 32.0. The van der Waals surface area contributed by atoms with Crippen LogP contribution in [-0.2, 0) is 16.4 Å². The molecule has 1 aromatic carbocycles. The molecule has 0 aliphatic carbocycles. The van der Waals surface area contributed by atoms with E-state index in [0.29, 0.717) is 10.4 Å². The summed E-state index contributed by atoms with van der Waals surface area (Å²) in [5.41, 5.74) is 0. The zero-order chi connectivity index (χ0) is 14.8. The highest BCUT2D eigenvalue weighted by Crippen LogP contribution is 2.32. The van der Waals surface area contributed by atoms with E-state index in [-0.39, 0.29) is 27.9 Å². The summed E-state index contributed by atoms with van der Waals surface area (Å²) in [7, 11) is -3.82. The fraction of sp³-hybridized carbons (Fsp3) is 0.200. The minimum absolute atomic E-state index is 0.0367. The van der Waals surface area contributed by atoms with Gasteiger partial charge in [-0.3, -0.25) is 0 Å². The average Bonchev–Trinajstić information content (AvgIpc) is 2.79. The maximum absolute atomic E-state index is 12.2. The minimum Gasteiger partial charge on any atom is -0.340 e. The van der Waals surface area contributed by atoms with Crippen LogP contribution in [0.25, 0.3) is 0 Å². The summed E-state index contributed by atoms with van der Waals surface area (Å²) >= 11 is 15.0. The molecule has 2 aromatic rings. The Bertz CT molecular complexity index is 684. The molecular weight excluding hydrogens is 393 g/mol. The van der Waals surface area contributed by atoms with E-state index in [4.69, 9.17) is 27.7 Å². The predicted molar refractivity (Wildman–Crippen MR) is 77.4 cm³/mol. The van der Waals surface area contributed by atoms with Gasteiger partial charge in [-0.15, -0.1) is 0 Å². The molecule has 0 amide bonds. The van der Waals surface area contributed by atoms with Gasteiger partial charge < -0.3 is 4.52 Å². The molecule has 0 unspecified atom stereocenters. The average molecular weight is 401 g/mol. The Morgan fingerprint density at radius 2 is 1.95 bits per heavy atom. The molecule has 0 bridgehead atoms. The lowest BCUT2D eigenvalue weighted by Crippen LogP contribution is -2.26. The summed E-state index contributed by atoms with van der Waals surface area (Å²) in [4.78, 5) is 3.63. The number of sulfonamides is 1. The maximum atomic E-state index is 12.2. The summed E-state index contributed by atoms with van der Waals surface area (Å²) in [5.74, 6) is 0.334. The molecule has 6 nitrogen and oxygen atoms in total. The number of nitrogens with zero attached hydrogens (tertiary/aromatic N) is 2. The smallest absolute Gasteiger partial charge is 0.243 e. The van der Waals surface area contributed by atoms with Crippen LogP contribution in [0, 0.1) is 0 Å². The minimum atomic E-state index is -3.82. The van der Waals surface area contributed by atoms with Gasteiger partial charge in [-0.25, -0.2) is 13.1 Å². The third-order valence-corrected chi connectivity index (χ3v) is 5.11. The zero-order valence-corrected chi connectivity index (χ0v) is 13.7. The summed E-state index contributed by atoms with van der Waals surface area (Å²) in [6.07, 6.45) is 1.51. The van der Waals surface area contributed by atoms with Gasteiger partial charge >= 0.3 is 0 Å². The Balaban J connectivity index is 2.14. The lowest BCUT2D eigenvalue weighted by atomic mass is 10.4. The number of rotatable bonds is 5. The second-order valence-corrected chi connectivity index (χ2v) is 7.12. The topological polar surface area (TPSA) is 85.1 Å². The molecule has 108 valence electrons. The van der Waals surface area contributed by atoms with Gasteiger partial charge in [0.25, 0.3) is 0 Å². The molecule has 1 aromatic heterocycles. The molecule has 0 spiro atoms. The first-order chi connectivity index (χ1) is 9.40. The monoisotopic (exact) mass is 399 g/mol. The number of halogens is 3. The zero-order valence-electron chi connectivity index (χ0n) is 9.81. The first-order valence-electron chi connectivity index (χ1n) is 5.30. The van der Waals surface area contributed by atoms with E-state index < -0.39 is 10.0 Å². The van der Waals surface area contributed by atoms with Crippen molar-refractivity contribution in [3.8, 4) is 0 Å². The first kappa shape index (κ1) is 15.7. The van der Waals surface area contributed by atoms with Crippen LogP contribution < -0.4 is 4.72 Å². The molecule has 1 N–H and O–H groups in total. The van der Waals surface area contributed by atoms with Crippen LogP contribution in [0.15, 0.2) is 32.4 Å². The van der Waals surface area contributed by atoms with Gasteiger partial charge in [0.1, 0.15) is 4.90 Å². The van der Waals surface area contributed by atoms with Crippen LogP contribution in [0.1, 0.15) is 5.89 Å². The van der Waals surface area contributed by atoms with E-state index in [9.17, 15) is 8.42 Å². The molecule has 20 heavy (non-hydrogen) atoms. The van der Waals surface area contributed by atoms with Crippen LogP contribution >= 0.6 is 39.1 Å². The molecule has 0 atom stereocenters. The highest BCUT2D eigenvalue weighted by atomic mass is 79.9. The van der Waals surface area contributed by atoms with Gasteiger partial charge in [0.05, 0.1) is 10.0 Å². The van der Waals surface area contributed by atoms with Crippen molar-refractivity contribution in [2.45, 2.75) is 11.3 Å². The lowest BCUT2D eigenvalue weighted by molar-refractivity contribution is 0.377. The third-order valence-electron chi connectivity index (χ3n) is 2.27.